The second-order valence-electron chi connectivity index (χ2n) is 4.83. The van der Waals surface area contributed by atoms with Crippen molar-refractivity contribution in [2.24, 2.45) is 5.41 Å². The number of nitrogens with one attached hydrogen (secondary N) is 1. The second-order valence-corrected chi connectivity index (χ2v) is 7.03. The van der Waals surface area contributed by atoms with Crippen molar-refractivity contribution in [1.29, 1.82) is 0 Å². The van der Waals surface area contributed by atoms with Crippen LogP contribution in [0.3, 0.4) is 0 Å². The molecule has 0 atom stereocenters. The first-order valence-corrected chi connectivity index (χ1v) is 8.26. The lowest BCUT2D eigenvalue weighted by molar-refractivity contribution is 0.223. The van der Waals surface area contributed by atoms with E-state index in [4.69, 9.17) is 11.6 Å². The molecule has 5 heteroatoms. The predicted molar refractivity (Wildman–Crippen MR) is 68.3 cm³/mol. The van der Waals surface area contributed by atoms with Gasteiger partial charge >= 0.3 is 0 Å². The number of hydrogen-bond acceptors (Lipinski definition) is 2. The highest BCUT2D eigenvalue weighted by molar-refractivity contribution is 7.89. The molecule has 16 heavy (non-hydrogen) atoms. The number of sulfonamides is 1. The van der Waals surface area contributed by atoms with Crippen LogP contribution in [-0.2, 0) is 10.0 Å². The highest BCUT2D eigenvalue weighted by atomic mass is 35.5. The summed E-state index contributed by atoms with van der Waals surface area (Å²) in [7, 11) is -3.09. The molecule has 0 heterocycles. The Morgan fingerprint density at radius 2 is 1.88 bits per heavy atom. The van der Waals surface area contributed by atoms with Gasteiger partial charge in [0.1, 0.15) is 0 Å². The Balaban J connectivity index is 2.50. The van der Waals surface area contributed by atoms with Crippen LogP contribution in [0, 0.1) is 5.41 Å². The third-order valence-corrected chi connectivity index (χ3v) is 5.43. The van der Waals surface area contributed by atoms with Gasteiger partial charge in [-0.2, -0.15) is 0 Å². The molecular formula is C11H22ClNO2S. The maximum absolute atomic E-state index is 11.6. The minimum Gasteiger partial charge on any atom is -0.215 e. The van der Waals surface area contributed by atoms with Gasteiger partial charge in [-0.15, -0.1) is 11.6 Å². The summed E-state index contributed by atoms with van der Waals surface area (Å²) in [5, 5.41) is 0. The zero-order valence-corrected chi connectivity index (χ0v) is 11.5. The predicted octanol–water partition coefficient (Wildman–Crippen LogP) is 2.51. The van der Waals surface area contributed by atoms with Gasteiger partial charge in [-0.1, -0.05) is 26.2 Å². The summed E-state index contributed by atoms with van der Waals surface area (Å²) in [6, 6.07) is 0. The molecule has 0 aliphatic heterocycles. The minimum absolute atomic E-state index is 0.000612. The molecule has 1 aliphatic carbocycles. The fourth-order valence-corrected chi connectivity index (χ4v) is 3.83. The van der Waals surface area contributed by atoms with E-state index in [-0.39, 0.29) is 11.2 Å². The third kappa shape index (κ3) is 4.22. The van der Waals surface area contributed by atoms with Crippen molar-refractivity contribution in [3.05, 3.63) is 0 Å². The van der Waals surface area contributed by atoms with Gasteiger partial charge < -0.3 is 0 Å². The molecule has 0 saturated heterocycles. The zero-order valence-electron chi connectivity index (χ0n) is 9.97. The van der Waals surface area contributed by atoms with Crippen LogP contribution in [0.2, 0.25) is 0 Å². The third-order valence-electron chi connectivity index (χ3n) is 3.34. The summed E-state index contributed by atoms with van der Waals surface area (Å²) in [5.74, 6) is 0.771. The Kier molecular flexibility index (Phi) is 5.54. The van der Waals surface area contributed by atoms with Crippen molar-refractivity contribution in [3.63, 3.8) is 0 Å². The highest BCUT2D eigenvalue weighted by Crippen LogP contribution is 2.36. The maximum atomic E-state index is 11.6. The lowest BCUT2D eigenvalue weighted by Crippen LogP contribution is -2.40. The topological polar surface area (TPSA) is 46.2 Å². The van der Waals surface area contributed by atoms with Crippen LogP contribution in [0.4, 0.5) is 0 Å². The highest BCUT2D eigenvalue weighted by Gasteiger charge is 2.32. The lowest BCUT2D eigenvalue weighted by Gasteiger charge is -2.35. The summed E-state index contributed by atoms with van der Waals surface area (Å²) < 4.78 is 25.9. The monoisotopic (exact) mass is 267 g/mol. The molecule has 1 fully saturated rings. The van der Waals surface area contributed by atoms with E-state index in [1.807, 2.05) is 6.92 Å². The van der Waals surface area contributed by atoms with Crippen LogP contribution < -0.4 is 4.72 Å². The molecule has 0 amide bonds. The van der Waals surface area contributed by atoms with Crippen molar-refractivity contribution in [3.8, 4) is 0 Å². The maximum Gasteiger partial charge on any atom is 0.211 e. The van der Waals surface area contributed by atoms with Crippen LogP contribution in [0.1, 0.15) is 45.4 Å². The fourth-order valence-electron chi connectivity index (χ4n) is 2.26. The molecule has 0 aromatic heterocycles. The van der Waals surface area contributed by atoms with Gasteiger partial charge in [-0.3, -0.25) is 0 Å². The molecule has 3 nitrogen and oxygen atoms in total. The molecule has 0 aromatic rings. The van der Waals surface area contributed by atoms with E-state index < -0.39 is 10.0 Å². The molecule has 0 bridgehead atoms. The van der Waals surface area contributed by atoms with E-state index in [1.165, 1.54) is 19.3 Å². The normalized spacial score (nSPS) is 20.9. The second kappa shape index (κ2) is 6.22. The first-order valence-electron chi connectivity index (χ1n) is 6.07. The van der Waals surface area contributed by atoms with Crippen molar-refractivity contribution >= 4 is 21.6 Å². The summed E-state index contributed by atoms with van der Waals surface area (Å²) in [6.07, 6.45) is 6.34. The van der Waals surface area contributed by atoms with Crippen molar-refractivity contribution < 1.29 is 8.42 Å². The Morgan fingerprint density at radius 3 is 2.38 bits per heavy atom. The van der Waals surface area contributed by atoms with E-state index >= 15 is 0 Å². The van der Waals surface area contributed by atoms with Crippen LogP contribution in [0.5, 0.6) is 0 Å². The van der Waals surface area contributed by atoms with Crippen molar-refractivity contribution in [2.45, 2.75) is 45.4 Å². The van der Waals surface area contributed by atoms with Crippen LogP contribution in [0.15, 0.2) is 0 Å². The Hall–Kier alpha value is 0.200. The zero-order chi connectivity index (χ0) is 12.1. The van der Waals surface area contributed by atoms with Gasteiger partial charge in [0.05, 0.1) is 5.75 Å². The fraction of sp³-hybridized carbons (Fsp3) is 1.00. The number of rotatable bonds is 6. The van der Waals surface area contributed by atoms with E-state index in [9.17, 15) is 8.42 Å². The van der Waals surface area contributed by atoms with Crippen LogP contribution in [0.25, 0.3) is 0 Å². The molecule has 1 N–H and O–H groups in total. The molecule has 0 aromatic carbocycles. The van der Waals surface area contributed by atoms with Gasteiger partial charge in [0.25, 0.3) is 0 Å². The SMILES string of the molecule is CCCS(=O)(=O)NCC1(CCl)CCCCC1. The summed E-state index contributed by atoms with van der Waals surface area (Å²) in [6.45, 7) is 2.38. The molecule has 1 rings (SSSR count). The van der Waals surface area contributed by atoms with Gasteiger partial charge in [0.15, 0.2) is 0 Å². The van der Waals surface area contributed by atoms with E-state index in [2.05, 4.69) is 4.72 Å². The van der Waals surface area contributed by atoms with Crippen molar-refractivity contribution in [2.75, 3.05) is 18.2 Å². The minimum atomic E-state index is -3.09. The Morgan fingerprint density at radius 1 is 1.25 bits per heavy atom. The van der Waals surface area contributed by atoms with Gasteiger partial charge in [-0.25, -0.2) is 13.1 Å². The lowest BCUT2D eigenvalue weighted by atomic mass is 9.76. The van der Waals surface area contributed by atoms with Crippen molar-refractivity contribution in [1.82, 2.24) is 4.72 Å². The Bertz CT molecular complexity index is 297. The summed E-state index contributed by atoms with van der Waals surface area (Å²) in [5.41, 5.74) is 0.000612. The van der Waals surface area contributed by atoms with E-state index in [0.717, 1.165) is 12.8 Å². The van der Waals surface area contributed by atoms with E-state index in [0.29, 0.717) is 18.8 Å². The molecule has 0 spiro atoms. The Labute approximate surface area is 104 Å². The largest absolute Gasteiger partial charge is 0.215 e. The molecular weight excluding hydrogens is 246 g/mol. The summed E-state index contributed by atoms with van der Waals surface area (Å²) >= 11 is 6.01. The molecule has 1 aliphatic rings. The first kappa shape index (κ1) is 14.3. The average Bonchev–Trinajstić information content (AvgIpc) is 2.28. The average molecular weight is 268 g/mol. The van der Waals surface area contributed by atoms with Crippen LogP contribution >= 0.6 is 11.6 Å². The smallest absolute Gasteiger partial charge is 0.211 e. The standard InChI is InChI=1S/C11H22ClNO2S/c1-2-8-16(14,15)13-10-11(9-12)6-4-3-5-7-11/h13H,2-10H2,1H3. The molecule has 96 valence electrons. The first-order chi connectivity index (χ1) is 7.54. The number of hydrogen-bond donors (Lipinski definition) is 1. The molecule has 1 saturated carbocycles. The quantitative estimate of drug-likeness (QED) is 0.752. The number of halogens is 1. The molecule has 0 radical (unpaired) electrons. The van der Waals surface area contributed by atoms with Gasteiger partial charge in [0.2, 0.25) is 10.0 Å². The molecule has 0 unspecified atom stereocenters. The number of alkyl halides is 1. The summed E-state index contributed by atoms with van der Waals surface area (Å²) in [4.78, 5) is 0. The van der Waals surface area contributed by atoms with Gasteiger partial charge in [-0.05, 0) is 24.7 Å². The van der Waals surface area contributed by atoms with Gasteiger partial charge in [0, 0.05) is 12.4 Å². The van der Waals surface area contributed by atoms with E-state index in [1.54, 1.807) is 0 Å². The van der Waals surface area contributed by atoms with Crippen LogP contribution in [-0.4, -0.2) is 26.6 Å².